The van der Waals surface area contributed by atoms with Crippen molar-refractivity contribution in [2.45, 2.75) is 19.4 Å². The number of hydrogen-bond donors (Lipinski definition) is 2. The van der Waals surface area contributed by atoms with Crippen LogP contribution in [0.25, 0.3) is 0 Å². The fourth-order valence-electron chi connectivity index (χ4n) is 3.30. The number of anilines is 2. The van der Waals surface area contributed by atoms with Gasteiger partial charge in [-0.05, 0) is 18.2 Å². The molecule has 0 radical (unpaired) electrons. The van der Waals surface area contributed by atoms with Crippen molar-refractivity contribution < 1.29 is 28.6 Å². The van der Waals surface area contributed by atoms with Crippen molar-refractivity contribution in [1.82, 2.24) is 5.32 Å². The fourth-order valence-corrected chi connectivity index (χ4v) is 3.30. The second-order valence-electron chi connectivity index (χ2n) is 6.73. The van der Waals surface area contributed by atoms with Gasteiger partial charge in [0, 0.05) is 26.4 Å². The minimum Gasteiger partial charge on any atom is -0.442 e. The molecule has 0 saturated carbocycles. The molecule has 2 heterocycles. The Morgan fingerprint density at radius 1 is 1.37 bits per heavy atom. The Labute approximate surface area is 155 Å². The van der Waals surface area contributed by atoms with E-state index >= 15 is 0 Å². The summed E-state index contributed by atoms with van der Waals surface area (Å²) in [5, 5.41) is 11.9. The first-order valence-corrected chi connectivity index (χ1v) is 8.79. The average Bonchev–Trinajstić information content (AvgIpc) is 3.01. The van der Waals surface area contributed by atoms with Crippen LogP contribution in [0.4, 0.5) is 20.6 Å². The smallest absolute Gasteiger partial charge is 0.414 e. The number of Topliss-reactive ketones (excluding diaryl/α,β-unsaturated/α-hetero) is 1. The lowest BCUT2D eigenvalue weighted by Crippen LogP contribution is -2.42. The number of rotatable bonds is 5. The number of ether oxygens (including phenoxy) is 1. The number of aliphatic hydroxyl groups excluding tert-OH is 1. The molecule has 1 aromatic carbocycles. The number of piperidine rings is 1. The highest BCUT2D eigenvalue weighted by Gasteiger charge is 2.33. The minimum atomic E-state index is -0.596. The van der Waals surface area contributed by atoms with Gasteiger partial charge in [-0.3, -0.25) is 14.5 Å². The van der Waals surface area contributed by atoms with Gasteiger partial charge in [-0.2, -0.15) is 0 Å². The molecule has 2 atom stereocenters. The molecule has 8 nitrogen and oxygen atoms in total. The van der Waals surface area contributed by atoms with E-state index in [9.17, 15) is 23.9 Å². The molecule has 27 heavy (non-hydrogen) atoms. The van der Waals surface area contributed by atoms with Crippen molar-refractivity contribution in [3.63, 3.8) is 0 Å². The first-order chi connectivity index (χ1) is 12.9. The number of aliphatic hydroxyl groups is 1. The lowest BCUT2D eigenvalue weighted by molar-refractivity contribution is -0.124. The molecule has 1 unspecified atom stereocenters. The summed E-state index contributed by atoms with van der Waals surface area (Å²) in [6, 6.07) is 4.43. The zero-order valence-electron chi connectivity index (χ0n) is 15.0. The topological polar surface area (TPSA) is 99.2 Å². The monoisotopic (exact) mass is 379 g/mol. The molecule has 2 fully saturated rings. The number of nitrogens with one attached hydrogen (secondary N) is 1. The molecule has 0 bridgehead atoms. The number of halogens is 1. The van der Waals surface area contributed by atoms with Gasteiger partial charge in [0.05, 0.1) is 37.0 Å². The Balaban J connectivity index is 1.70. The van der Waals surface area contributed by atoms with Crippen molar-refractivity contribution in [2.24, 2.45) is 5.92 Å². The molecule has 1 aromatic rings. The van der Waals surface area contributed by atoms with E-state index in [4.69, 9.17) is 4.74 Å². The van der Waals surface area contributed by atoms with E-state index in [-0.39, 0.29) is 44.4 Å². The third-order valence-corrected chi connectivity index (χ3v) is 4.78. The van der Waals surface area contributed by atoms with Crippen molar-refractivity contribution in [2.75, 3.05) is 42.6 Å². The molecular formula is C18H22FN3O5. The van der Waals surface area contributed by atoms with Gasteiger partial charge in [0.15, 0.2) is 0 Å². The molecule has 3 rings (SSSR count). The maximum Gasteiger partial charge on any atom is 0.414 e. The van der Waals surface area contributed by atoms with Crippen LogP contribution in [0.1, 0.15) is 13.3 Å². The molecule has 2 aliphatic rings. The first-order valence-electron chi connectivity index (χ1n) is 8.79. The van der Waals surface area contributed by atoms with Crippen molar-refractivity contribution in [3.8, 4) is 0 Å². The van der Waals surface area contributed by atoms with E-state index < -0.39 is 23.9 Å². The highest BCUT2D eigenvalue weighted by atomic mass is 19.1. The number of carbonyl (C=O) groups is 3. The van der Waals surface area contributed by atoms with Gasteiger partial charge in [-0.1, -0.05) is 0 Å². The zero-order chi connectivity index (χ0) is 19.6. The largest absolute Gasteiger partial charge is 0.442 e. The molecule has 0 aliphatic carbocycles. The molecule has 2 N–H and O–H groups in total. The summed E-state index contributed by atoms with van der Waals surface area (Å²) in [4.78, 5) is 37.8. The molecule has 2 aliphatic heterocycles. The van der Waals surface area contributed by atoms with Gasteiger partial charge < -0.3 is 20.1 Å². The summed E-state index contributed by atoms with van der Waals surface area (Å²) in [5.74, 6) is -1.27. The molecule has 146 valence electrons. The summed E-state index contributed by atoms with van der Waals surface area (Å²) < 4.78 is 19.8. The quantitative estimate of drug-likeness (QED) is 0.780. The van der Waals surface area contributed by atoms with Crippen LogP contribution in [-0.2, 0) is 14.3 Å². The normalized spacial score (nSPS) is 22.8. The van der Waals surface area contributed by atoms with Crippen LogP contribution >= 0.6 is 0 Å². The summed E-state index contributed by atoms with van der Waals surface area (Å²) in [6.07, 6.45) is -0.834. The molecule has 0 aromatic heterocycles. The van der Waals surface area contributed by atoms with E-state index in [1.54, 1.807) is 17.0 Å². The van der Waals surface area contributed by atoms with Gasteiger partial charge in [-0.15, -0.1) is 0 Å². The van der Waals surface area contributed by atoms with Crippen LogP contribution in [0.2, 0.25) is 0 Å². The standard InChI is InChI=1S/C18H22FN3O5/c1-11(24)20-7-14-9-22(18(26)27-14)13-2-3-16(15(19)6-13)21-5-4-17(25)12(8-21)10-23/h2-3,6,12,14,23H,4-5,7-10H2,1H3,(H,20,24)/t12?,14-/m0/s1. The summed E-state index contributed by atoms with van der Waals surface area (Å²) in [7, 11) is 0. The second kappa shape index (κ2) is 7.91. The Bertz CT molecular complexity index is 757. The number of cyclic esters (lactones) is 1. The summed E-state index contributed by atoms with van der Waals surface area (Å²) >= 11 is 0. The number of nitrogens with zero attached hydrogens (tertiary/aromatic N) is 2. The predicted molar refractivity (Wildman–Crippen MR) is 95.1 cm³/mol. The number of ketones is 1. The SMILES string of the molecule is CC(=O)NC[C@H]1CN(c2ccc(N3CCC(=O)C(CO)C3)c(F)c2)C(=O)O1. The van der Waals surface area contributed by atoms with Gasteiger partial charge in [0.2, 0.25) is 5.91 Å². The van der Waals surface area contributed by atoms with Crippen molar-refractivity contribution >= 4 is 29.2 Å². The van der Waals surface area contributed by atoms with Crippen LogP contribution in [0.5, 0.6) is 0 Å². The first kappa shape index (κ1) is 19.1. The maximum atomic E-state index is 14.7. The van der Waals surface area contributed by atoms with Crippen molar-refractivity contribution in [3.05, 3.63) is 24.0 Å². The number of hydrogen-bond acceptors (Lipinski definition) is 6. The van der Waals surface area contributed by atoms with Crippen LogP contribution in [0.3, 0.4) is 0 Å². The summed E-state index contributed by atoms with van der Waals surface area (Å²) in [6.45, 7) is 2.17. The van der Waals surface area contributed by atoms with Crippen LogP contribution in [0.15, 0.2) is 18.2 Å². The second-order valence-corrected chi connectivity index (χ2v) is 6.73. The number of benzene rings is 1. The maximum absolute atomic E-state index is 14.7. The molecule has 0 spiro atoms. The van der Waals surface area contributed by atoms with Gasteiger partial charge >= 0.3 is 6.09 Å². The van der Waals surface area contributed by atoms with Gasteiger partial charge in [-0.25, -0.2) is 9.18 Å². The fraction of sp³-hybridized carbons (Fsp3) is 0.500. The third-order valence-electron chi connectivity index (χ3n) is 4.78. The molecule has 2 saturated heterocycles. The van der Waals surface area contributed by atoms with E-state index in [0.717, 1.165) is 0 Å². The van der Waals surface area contributed by atoms with E-state index in [1.807, 2.05) is 0 Å². The van der Waals surface area contributed by atoms with E-state index in [0.29, 0.717) is 17.9 Å². The molecular weight excluding hydrogens is 357 g/mol. The zero-order valence-corrected chi connectivity index (χ0v) is 15.0. The predicted octanol–water partition coefficient (Wildman–Crippen LogP) is 0.675. The highest BCUT2D eigenvalue weighted by Crippen LogP contribution is 2.29. The van der Waals surface area contributed by atoms with Crippen LogP contribution in [-0.4, -0.2) is 61.8 Å². The Morgan fingerprint density at radius 2 is 2.15 bits per heavy atom. The van der Waals surface area contributed by atoms with E-state index in [2.05, 4.69) is 5.32 Å². The lowest BCUT2D eigenvalue weighted by Gasteiger charge is -2.33. The number of carbonyl (C=O) groups excluding carboxylic acids is 3. The van der Waals surface area contributed by atoms with E-state index in [1.165, 1.54) is 17.9 Å². The Morgan fingerprint density at radius 3 is 2.81 bits per heavy atom. The van der Waals surface area contributed by atoms with Crippen LogP contribution in [0, 0.1) is 11.7 Å². The van der Waals surface area contributed by atoms with Crippen molar-refractivity contribution in [1.29, 1.82) is 0 Å². The molecule has 9 heteroatoms. The highest BCUT2D eigenvalue weighted by molar-refractivity contribution is 5.90. The minimum absolute atomic E-state index is 0.0178. The third kappa shape index (κ3) is 4.19. The molecule has 2 amide bonds. The van der Waals surface area contributed by atoms with Gasteiger partial charge in [0.25, 0.3) is 0 Å². The van der Waals surface area contributed by atoms with Crippen LogP contribution < -0.4 is 15.1 Å². The average molecular weight is 379 g/mol. The summed E-state index contributed by atoms with van der Waals surface area (Å²) in [5.41, 5.74) is 0.686. The van der Waals surface area contributed by atoms with Gasteiger partial charge in [0.1, 0.15) is 17.7 Å². The lowest BCUT2D eigenvalue weighted by atomic mass is 9.97. The Kier molecular flexibility index (Phi) is 5.59. The number of amides is 2. The Hall–Kier alpha value is -2.68.